The van der Waals surface area contributed by atoms with Gasteiger partial charge in [0.15, 0.2) is 0 Å². The first-order valence-corrected chi connectivity index (χ1v) is 11.0. The van der Waals surface area contributed by atoms with Crippen molar-refractivity contribution >= 4 is 28.6 Å². The van der Waals surface area contributed by atoms with E-state index < -0.39 is 17.9 Å². The second-order valence-corrected chi connectivity index (χ2v) is 9.19. The number of carbonyl (C=O) groups excluding carboxylic acids is 2. The van der Waals surface area contributed by atoms with E-state index in [1.54, 1.807) is 37.4 Å². The number of rotatable bonds is 8. The number of fused-ring (bicyclic) bond motifs is 1. The Morgan fingerprint density at radius 3 is 2.32 bits per heavy atom. The van der Waals surface area contributed by atoms with Crippen LogP contribution in [0.4, 0.5) is 0 Å². The highest BCUT2D eigenvalue weighted by Gasteiger charge is 2.23. The Hall–Kier alpha value is -3.94. The van der Waals surface area contributed by atoms with Crippen LogP contribution < -0.4 is 15.4 Å². The van der Waals surface area contributed by atoms with Crippen LogP contribution in [0.25, 0.3) is 10.8 Å². The van der Waals surface area contributed by atoms with Crippen molar-refractivity contribution in [3.05, 3.63) is 65.9 Å². The predicted octanol–water partition coefficient (Wildman–Crippen LogP) is 4.40. The van der Waals surface area contributed by atoms with Gasteiger partial charge in [-0.3, -0.25) is 9.59 Å². The number of aromatic nitrogens is 1. The first kappa shape index (κ1) is 24.7. The van der Waals surface area contributed by atoms with E-state index in [1.165, 1.54) is 12.3 Å². The average molecular weight is 464 g/mol. The molecule has 0 aliphatic heterocycles. The van der Waals surface area contributed by atoms with Gasteiger partial charge in [-0.05, 0) is 41.8 Å². The fraction of sp³-hybridized carbons (Fsp3) is 0.308. The van der Waals surface area contributed by atoms with Crippen molar-refractivity contribution in [3.8, 4) is 11.6 Å². The molecule has 0 fully saturated rings. The molecule has 3 rings (SSSR count). The van der Waals surface area contributed by atoms with Gasteiger partial charge in [0.05, 0.1) is 5.56 Å². The van der Waals surface area contributed by atoms with Gasteiger partial charge in [0.25, 0.3) is 11.8 Å². The van der Waals surface area contributed by atoms with E-state index in [9.17, 15) is 19.5 Å². The quantitative estimate of drug-likeness (QED) is 0.456. The molecule has 1 heterocycles. The minimum absolute atomic E-state index is 0.0400. The number of carboxylic acids is 1. The molecule has 0 radical (unpaired) electrons. The number of ether oxygens (including phenoxy) is 1. The summed E-state index contributed by atoms with van der Waals surface area (Å²) in [5.74, 6) is -1.00. The molecule has 8 nitrogen and oxygen atoms in total. The van der Waals surface area contributed by atoms with Gasteiger partial charge in [-0.25, -0.2) is 9.78 Å². The molecule has 2 amide bonds. The van der Waals surface area contributed by atoms with Crippen molar-refractivity contribution in [2.75, 3.05) is 7.05 Å². The van der Waals surface area contributed by atoms with E-state index in [1.807, 2.05) is 32.9 Å². The van der Waals surface area contributed by atoms with E-state index in [0.29, 0.717) is 24.2 Å². The minimum Gasteiger partial charge on any atom is -0.480 e. The summed E-state index contributed by atoms with van der Waals surface area (Å²) in [7, 11) is 1.58. The fourth-order valence-electron chi connectivity index (χ4n) is 3.47. The Kier molecular flexibility index (Phi) is 7.50. The molecule has 3 N–H and O–H groups in total. The number of carboxylic acid groups (broad SMARTS) is 1. The first-order valence-electron chi connectivity index (χ1n) is 11.0. The predicted molar refractivity (Wildman–Crippen MR) is 129 cm³/mol. The number of aliphatic carboxylic acids is 1. The van der Waals surface area contributed by atoms with Crippen molar-refractivity contribution in [1.82, 2.24) is 15.6 Å². The Bertz CT molecular complexity index is 1200. The highest BCUT2D eigenvalue weighted by atomic mass is 16.5. The Morgan fingerprint density at radius 2 is 1.71 bits per heavy atom. The zero-order valence-corrected chi connectivity index (χ0v) is 19.7. The van der Waals surface area contributed by atoms with Crippen LogP contribution in [-0.2, 0) is 4.79 Å². The van der Waals surface area contributed by atoms with Crippen LogP contribution >= 0.6 is 0 Å². The summed E-state index contributed by atoms with van der Waals surface area (Å²) >= 11 is 0. The largest absolute Gasteiger partial charge is 0.480 e. The van der Waals surface area contributed by atoms with E-state index >= 15 is 0 Å². The second kappa shape index (κ2) is 10.3. The fourth-order valence-corrected chi connectivity index (χ4v) is 3.47. The van der Waals surface area contributed by atoms with Crippen molar-refractivity contribution in [3.63, 3.8) is 0 Å². The second-order valence-electron chi connectivity index (χ2n) is 9.19. The van der Waals surface area contributed by atoms with E-state index in [-0.39, 0.29) is 22.8 Å². The maximum Gasteiger partial charge on any atom is 0.326 e. The maximum absolute atomic E-state index is 12.6. The van der Waals surface area contributed by atoms with Crippen LogP contribution in [0, 0.1) is 5.41 Å². The molecule has 178 valence electrons. The number of amides is 2. The van der Waals surface area contributed by atoms with Gasteiger partial charge in [-0.1, -0.05) is 45.0 Å². The molecule has 0 spiro atoms. The summed E-state index contributed by atoms with van der Waals surface area (Å²) in [6.45, 7) is 6.06. The van der Waals surface area contributed by atoms with Crippen molar-refractivity contribution in [1.29, 1.82) is 0 Å². The van der Waals surface area contributed by atoms with Crippen molar-refractivity contribution in [2.24, 2.45) is 5.41 Å². The number of benzene rings is 2. The number of hydrogen-bond donors (Lipinski definition) is 3. The van der Waals surface area contributed by atoms with E-state index in [0.717, 1.165) is 10.8 Å². The van der Waals surface area contributed by atoms with Gasteiger partial charge in [0.1, 0.15) is 11.8 Å². The first-order chi connectivity index (χ1) is 16.1. The number of hydrogen-bond acceptors (Lipinski definition) is 5. The van der Waals surface area contributed by atoms with Crippen LogP contribution in [0.2, 0.25) is 0 Å². The van der Waals surface area contributed by atoms with Gasteiger partial charge in [-0.15, -0.1) is 0 Å². The molecule has 0 aliphatic carbocycles. The van der Waals surface area contributed by atoms with E-state index in [2.05, 4.69) is 15.6 Å². The van der Waals surface area contributed by atoms with Crippen LogP contribution in [0.5, 0.6) is 11.6 Å². The Morgan fingerprint density at radius 1 is 1.00 bits per heavy atom. The summed E-state index contributed by atoms with van der Waals surface area (Å²) in [4.78, 5) is 40.5. The highest BCUT2D eigenvalue weighted by Crippen LogP contribution is 2.31. The van der Waals surface area contributed by atoms with Crippen molar-refractivity contribution in [2.45, 2.75) is 39.7 Å². The summed E-state index contributed by atoms with van der Waals surface area (Å²) in [5, 5.41) is 16.1. The molecule has 0 aliphatic rings. The molecular weight excluding hydrogens is 434 g/mol. The zero-order chi connectivity index (χ0) is 24.9. The highest BCUT2D eigenvalue weighted by molar-refractivity contribution is 6.08. The van der Waals surface area contributed by atoms with Crippen molar-refractivity contribution < 1.29 is 24.2 Å². The molecule has 3 aromatic rings. The molecule has 0 saturated heterocycles. The van der Waals surface area contributed by atoms with Gasteiger partial charge in [-0.2, -0.15) is 0 Å². The standard InChI is InChI=1S/C26H29N3O5/c1-26(2,3)14-13-20(25(32)33)29-23(30)16-11-12-22(28-15-16)34-21-10-6-7-17-18(21)8-5-9-19(17)24(31)27-4/h5-12,15,20H,13-14H2,1-4H3,(H,27,31)(H,29,30)(H,32,33)/t20-/m0/s1. The molecule has 8 heteroatoms. The topological polar surface area (TPSA) is 118 Å². The molecule has 2 aromatic carbocycles. The zero-order valence-electron chi connectivity index (χ0n) is 19.7. The van der Waals surface area contributed by atoms with E-state index in [4.69, 9.17) is 4.74 Å². The molecule has 1 aromatic heterocycles. The maximum atomic E-state index is 12.6. The lowest BCUT2D eigenvalue weighted by Crippen LogP contribution is -2.41. The van der Waals surface area contributed by atoms with Crippen LogP contribution in [-0.4, -0.2) is 41.0 Å². The molecule has 34 heavy (non-hydrogen) atoms. The lowest BCUT2D eigenvalue weighted by atomic mass is 9.88. The summed E-state index contributed by atoms with van der Waals surface area (Å²) in [6.07, 6.45) is 2.33. The monoisotopic (exact) mass is 463 g/mol. The van der Waals surface area contributed by atoms with Gasteiger partial charge in [0.2, 0.25) is 5.88 Å². The molecule has 1 atom stereocenters. The lowest BCUT2D eigenvalue weighted by Gasteiger charge is -2.21. The van der Waals surface area contributed by atoms with Crippen LogP contribution in [0.1, 0.15) is 54.3 Å². The third-order valence-corrected chi connectivity index (χ3v) is 5.35. The Labute approximate surface area is 198 Å². The molecule has 0 saturated carbocycles. The smallest absolute Gasteiger partial charge is 0.326 e. The Balaban J connectivity index is 1.75. The average Bonchev–Trinajstić information content (AvgIpc) is 2.80. The number of pyridine rings is 1. The van der Waals surface area contributed by atoms with Gasteiger partial charge < -0.3 is 20.5 Å². The third kappa shape index (κ3) is 6.10. The lowest BCUT2D eigenvalue weighted by molar-refractivity contribution is -0.139. The molecule has 0 bridgehead atoms. The number of carbonyl (C=O) groups is 3. The SMILES string of the molecule is CNC(=O)c1cccc2c(Oc3ccc(C(=O)N[C@@H](CCC(C)(C)C)C(=O)O)cn3)cccc12. The van der Waals surface area contributed by atoms with Crippen LogP contribution in [0.3, 0.4) is 0 Å². The summed E-state index contributed by atoms with van der Waals surface area (Å²) < 4.78 is 5.92. The normalized spacial score (nSPS) is 12.1. The number of nitrogens with zero attached hydrogens (tertiary/aromatic N) is 1. The van der Waals surface area contributed by atoms with Gasteiger partial charge in [0, 0.05) is 30.3 Å². The van der Waals surface area contributed by atoms with Crippen LogP contribution in [0.15, 0.2) is 54.7 Å². The minimum atomic E-state index is -1.07. The third-order valence-electron chi connectivity index (χ3n) is 5.35. The van der Waals surface area contributed by atoms with Gasteiger partial charge >= 0.3 is 5.97 Å². The summed E-state index contributed by atoms with van der Waals surface area (Å²) in [5.41, 5.74) is 0.723. The molecular formula is C26H29N3O5. The summed E-state index contributed by atoms with van der Waals surface area (Å²) in [6, 6.07) is 12.9. The molecule has 0 unspecified atom stereocenters. The number of nitrogens with one attached hydrogen (secondary N) is 2.